The Morgan fingerprint density at radius 1 is 1.12 bits per heavy atom. The summed E-state index contributed by atoms with van der Waals surface area (Å²) < 4.78 is 5.30. The van der Waals surface area contributed by atoms with Crippen LogP contribution >= 0.6 is 0 Å². The Morgan fingerprint density at radius 2 is 1.84 bits per heavy atom. The van der Waals surface area contributed by atoms with Crippen molar-refractivity contribution in [3.05, 3.63) is 18.1 Å². The molecule has 3 saturated heterocycles. The standard InChI is InChI=1S/C17H25N5O3/c23-14-11-22(12-14)13-1-3-20(4-2-13)16-10-18-9-15(19-16)17(24)21-5-7-25-8-6-21/h9-10,13-14,23H,1-8,11-12H2. The van der Waals surface area contributed by atoms with Gasteiger partial charge in [0.25, 0.3) is 5.91 Å². The number of piperidine rings is 1. The van der Waals surface area contributed by atoms with E-state index in [0.717, 1.165) is 44.8 Å². The average molecular weight is 347 g/mol. The van der Waals surface area contributed by atoms with Crippen LogP contribution in [-0.2, 0) is 4.74 Å². The van der Waals surface area contributed by atoms with Gasteiger partial charge in [-0.2, -0.15) is 0 Å². The van der Waals surface area contributed by atoms with E-state index < -0.39 is 0 Å². The highest BCUT2D eigenvalue weighted by molar-refractivity contribution is 5.92. The molecule has 0 radical (unpaired) electrons. The van der Waals surface area contributed by atoms with E-state index in [2.05, 4.69) is 19.8 Å². The first-order chi connectivity index (χ1) is 12.2. The van der Waals surface area contributed by atoms with Crippen LogP contribution in [0.5, 0.6) is 0 Å². The molecule has 0 spiro atoms. The molecule has 1 amide bonds. The number of likely N-dealkylation sites (tertiary alicyclic amines) is 1. The predicted octanol–water partition coefficient (Wildman–Crippen LogP) is -0.406. The van der Waals surface area contributed by atoms with E-state index in [1.165, 1.54) is 0 Å². The molecule has 0 saturated carbocycles. The third-order valence-electron chi connectivity index (χ3n) is 5.33. The van der Waals surface area contributed by atoms with Crippen LogP contribution in [0.15, 0.2) is 12.4 Å². The lowest BCUT2D eigenvalue weighted by Gasteiger charge is -2.45. The van der Waals surface area contributed by atoms with Crippen molar-refractivity contribution < 1.29 is 14.6 Å². The number of β-amino-alcohol motifs (C(OH)–C–C–N with tert-alkyl or cyclic N) is 1. The van der Waals surface area contributed by atoms with Gasteiger partial charge in [0, 0.05) is 45.3 Å². The molecule has 8 heteroatoms. The van der Waals surface area contributed by atoms with Crippen molar-refractivity contribution in [2.75, 3.05) is 57.4 Å². The maximum Gasteiger partial charge on any atom is 0.274 e. The summed E-state index contributed by atoms with van der Waals surface area (Å²) in [6, 6.07) is 0.547. The predicted molar refractivity (Wildman–Crippen MR) is 91.6 cm³/mol. The number of ether oxygens (including phenoxy) is 1. The van der Waals surface area contributed by atoms with Crippen LogP contribution in [0.2, 0.25) is 0 Å². The molecule has 0 atom stereocenters. The fourth-order valence-corrected chi connectivity index (χ4v) is 3.79. The first-order valence-corrected chi connectivity index (χ1v) is 9.07. The van der Waals surface area contributed by atoms with E-state index in [-0.39, 0.29) is 12.0 Å². The number of aromatic nitrogens is 2. The summed E-state index contributed by atoms with van der Waals surface area (Å²) in [7, 11) is 0. The van der Waals surface area contributed by atoms with Crippen molar-refractivity contribution in [2.24, 2.45) is 0 Å². The molecule has 1 N–H and O–H groups in total. The molecule has 4 rings (SSSR count). The van der Waals surface area contributed by atoms with E-state index in [1.807, 2.05) is 0 Å². The number of amides is 1. The van der Waals surface area contributed by atoms with E-state index in [0.29, 0.717) is 38.0 Å². The smallest absolute Gasteiger partial charge is 0.274 e. The van der Waals surface area contributed by atoms with Crippen LogP contribution < -0.4 is 4.90 Å². The lowest BCUT2D eigenvalue weighted by molar-refractivity contribution is -0.0301. The highest BCUT2D eigenvalue weighted by Gasteiger charge is 2.33. The molecule has 8 nitrogen and oxygen atoms in total. The summed E-state index contributed by atoms with van der Waals surface area (Å²) >= 11 is 0. The van der Waals surface area contributed by atoms with E-state index in [4.69, 9.17) is 4.74 Å². The fourth-order valence-electron chi connectivity index (χ4n) is 3.79. The third kappa shape index (κ3) is 3.61. The van der Waals surface area contributed by atoms with Crippen molar-refractivity contribution in [2.45, 2.75) is 25.0 Å². The van der Waals surface area contributed by atoms with Gasteiger partial charge in [0.2, 0.25) is 0 Å². The molecule has 25 heavy (non-hydrogen) atoms. The molecule has 0 aliphatic carbocycles. The van der Waals surface area contributed by atoms with E-state index in [9.17, 15) is 9.90 Å². The van der Waals surface area contributed by atoms with Crippen LogP contribution in [0, 0.1) is 0 Å². The number of hydrogen-bond donors (Lipinski definition) is 1. The number of carbonyl (C=O) groups is 1. The summed E-state index contributed by atoms with van der Waals surface area (Å²) in [5.41, 5.74) is 0.410. The number of hydrogen-bond acceptors (Lipinski definition) is 7. The highest BCUT2D eigenvalue weighted by Crippen LogP contribution is 2.24. The van der Waals surface area contributed by atoms with Gasteiger partial charge in [-0.25, -0.2) is 4.98 Å². The highest BCUT2D eigenvalue weighted by atomic mass is 16.5. The second-order valence-electron chi connectivity index (χ2n) is 6.99. The summed E-state index contributed by atoms with van der Waals surface area (Å²) in [5, 5.41) is 9.45. The molecule has 3 aliphatic heterocycles. The lowest BCUT2D eigenvalue weighted by Crippen LogP contribution is -2.57. The van der Waals surface area contributed by atoms with Crippen LogP contribution in [0.3, 0.4) is 0 Å². The molecule has 0 unspecified atom stereocenters. The Morgan fingerprint density at radius 3 is 2.52 bits per heavy atom. The van der Waals surface area contributed by atoms with Gasteiger partial charge in [0.1, 0.15) is 11.5 Å². The second kappa shape index (κ2) is 7.23. The molecule has 0 aromatic carbocycles. The summed E-state index contributed by atoms with van der Waals surface area (Å²) in [6.45, 7) is 5.79. The summed E-state index contributed by atoms with van der Waals surface area (Å²) in [5.74, 6) is 0.711. The molecule has 0 bridgehead atoms. The number of morpholine rings is 1. The first kappa shape index (κ1) is 16.7. The maximum absolute atomic E-state index is 12.6. The number of nitrogens with zero attached hydrogens (tertiary/aromatic N) is 5. The zero-order chi connectivity index (χ0) is 17.2. The first-order valence-electron chi connectivity index (χ1n) is 9.07. The normalized spacial score (nSPS) is 23.6. The maximum atomic E-state index is 12.6. The van der Waals surface area contributed by atoms with Gasteiger partial charge in [-0.3, -0.25) is 14.7 Å². The van der Waals surface area contributed by atoms with Crippen LogP contribution in [0.4, 0.5) is 5.82 Å². The molecular formula is C17H25N5O3. The molecule has 136 valence electrons. The minimum absolute atomic E-state index is 0.0675. The number of anilines is 1. The quantitative estimate of drug-likeness (QED) is 0.796. The molecule has 4 heterocycles. The van der Waals surface area contributed by atoms with Gasteiger partial charge in [-0.15, -0.1) is 0 Å². The van der Waals surface area contributed by atoms with Gasteiger partial charge in [-0.1, -0.05) is 0 Å². The van der Waals surface area contributed by atoms with Gasteiger partial charge < -0.3 is 19.6 Å². The zero-order valence-corrected chi connectivity index (χ0v) is 14.4. The number of rotatable bonds is 3. The van der Waals surface area contributed by atoms with E-state index in [1.54, 1.807) is 17.3 Å². The van der Waals surface area contributed by atoms with Gasteiger partial charge in [0.15, 0.2) is 0 Å². The van der Waals surface area contributed by atoms with Crippen molar-refractivity contribution in [3.63, 3.8) is 0 Å². The topological polar surface area (TPSA) is 82.0 Å². The van der Waals surface area contributed by atoms with Crippen LogP contribution in [-0.4, -0.2) is 95.4 Å². The molecular weight excluding hydrogens is 322 g/mol. The average Bonchev–Trinajstić information content (AvgIpc) is 2.66. The molecule has 3 aliphatic rings. The Bertz CT molecular complexity index is 608. The van der Waals surface area contributed by atoms with Crippen LogP contribution in [0.25, 0.3) is 0 Å². The molecule has 1 aromatic heterocycles. The Labute approximate surface area is 147 Å². The van der Waals surface area contributed by atoms with Gasteiger partial charge in [-0.05, 0) is 12.8 Å². The van der Waals surface area contributed by atoms with Gasteiger partial charge in [0.05, 0.1) is 31.7 Å². The molecule has 3 fully saturated rings. The van der Waals surface area contributed by atoms with E-state index >= 15 is 0 Å². The van der Waals surface area contributed by atoms with Crippen molar-refractivity contribution >= 4 is 11.7 Å². The fraction of sp³-hybridized carbons (Fsp3) is 0.706. The largest absolute Gasteiger partial charge is 0.390 e. The second-order valence-corrected chi connectivity index (χ2v) is 6.99. The number of carbonyl (C=O) groups excluding carboxylic acids is 1. The monoisotopic (exact) mass is 347 g/mol. The van der Waals surface area contributed by atoms with Gasteiger partial charge >= 0.3 is 0 Å². The Hall–Kier alpha value is -1.77. The summed E-state index contributed by atoms with van der Waals surface area (Å²) in [4.78, 5) is 27.7. The Kier molecular flexibility index (Phi) is 4.82. The number of aliphatic hydroxyl groups excluding tert-OH is 1. The van der Waals surface area contributed by atoms with Crippen molar-refractivity contribution in [3.8, 4) is 0 Å². The summed E-state index contributed by atoms with van der Waals surface area (Å²) in [6.07, 6.45) is 5.25. The molecule has 1 aromatic rings. The zero-order valence-electron chi connectivity index (χ0n) is 14.4. The SMILES string of the molecule is O=C(c1cncc(N2CCC(N3CC(O)C3)CC2)n1)N1CCOCC1. The van der Waals surface area contributed by atoms with Crippen molar-refractivity contribution in [1.29, 1.82) is 0 Å². The minimum atomic E-state index is -0.147. The lowest BCUT2D eigenvalue weighted by atomic mass is 9.99. The minimum Gasteiger partial charge on any atom is -0.390 e. The Balaban J connectivity index is 1.37. The van der Waals surface area contributed by atoms with Crippen LogP contribution in [0.1, 0.15) is 23.3 Å². The third-order valence-corrected chi connectivity index (χ3v) is 5.33. The number of aliphatic hydroxyl groups is 1. The van der Waals surface area contributed by atoms with Crippen molar-refractivity contribution in [1.82, 2.24) is 19.8 Å².